The maximum Gasteiger partial charge on any atom is 0.289 e. The Kier molecular flexibility index (Phi) is 5.63. The molecule has 10 nitrogen and oxygen atoms in total. The largest absolute Gasteiger partial charge is 0.449 e. The van der Waals surface area contributed by atoms with Crippen LogP contribution in [0.1, 0.15) is 27.4 Å². The van der Waals surface area contributed by atoms with Crippen LogP contribution in [0.3, 0.4) is 0 Å². The summed E-state index contributed by atoms with van der Waals surface area (Å²) < 4.78 is 5.62. The summed E-state index contributed by atoms with van der Waals surface area (Å²) in [6.07, 6.45) is 1.58. The van der Waals surface area contributed by atoms with Crippen molar-refractivity contribution < 1.29 is 9.21 Å². The van der Waals surface area contributed by atoms with Crippen LogP contribution in [0.15, 0.2) is 47.0 Å². The van der Waals surface area contributed by atoms with Gasteiger partial charge in [0.25, 0.3) is 5.91 Å². The van der Waals surface area contributed by atoms with Gasteiger partial charge in [0.2, 0.25) is 5.95 Å². The Bertz CT molecular complexity index is 1320. The fraction of sp³-hybridized carbons (Fsp3) is 0.182. The molecule has 0 spiro atoms. The summed E-state index contributed by atoms with van der Waals surface area (Å²) in [5.74, 6) is 0.922. The second kappa shape index (κ2) is 8.69. The molecule has 4 aromatic rings. The SMILES string of the molecule is Cc1cc(C#N)ccc1-c1cnnc(NCc2cc(-c3ccc(C(=O)N(C)C)o3)[nH]n2)n1. The van der Waals surface area contributed by atoms with E-state index in [1.54, 1.807) is 38.5 Å². The second-order valence-electron chi connectivity index (χ2n) is 7.30. The Morgan fingerprint density at radius 2 is 2.09 bits per heavy atom. The van der Waals surface area contributed by atoms with Gasteiger partial charge in [-0.15, -0.1) is 5.10 Å². The van der Waals surface area contributed by atoms with Gasteiger partial charge >= 0.3 is 0 Å². The Hall–Kier alpha value is -4.52. The molecule has 1 amide bonds. The van der Waals surface area contributed by atoms with Crippen molar-refractivity contribution in [3.63, 3.8) is 0 Å². The molecule has 0 unspecified atom stereocenters. The number of H-pyrrole nitrogens is 1. The van der Waals surface area contributed by atoms with E-state index in [2.05, 4.69) is 36.8 Å². The number of nitrogens with one attached hydrogen (secondary N) is 2. The van der Waals surface area contributed by atoms with Gasteiger partial charge in [-0.05, 0) is 42.8 Å². The normalized spacial score (nSPS) is 10.6. The molecular weight excluding hydrogens is 408 g/mol. The molecule has 3 heterocycles. The summed E-state index contributed by atoms with van der Waals surface area (Å²) in [7, 11) is 3.33. The molecule has 0 fully saturated rings. The van der Waals surface area contributed by atoms with Crippen molar-refractivity contribution in [2.45, 2.75) is 13.5 Å². The second-order valence-corrected chi connectivity index (χ2v) is 7.30. The van der Waals surface area contributed by atoms with Crippen LogP contribution >= 0.6 is 0 Å². The van der Waals surface area contributed by atoms with E-state index in [0.29, 0.717) is 40.9 Å². The number of rotatable bonds is 6. The summed E-state index contributed by atoms with van der Waals surface area (Å²) in [4.78, 5) is 18.0. The van der Waals surface area contributed by atoms with Crippen LogP contribution < -0.4 is 5.32 Å². The summed E-state index contributed by atoms with van der Waals surface area (Å²) in [6, 6.07) is 12.7. The molecule has 3 aromatic heterocycles. The minimum absolute atomic E-state index is 0.209. The first kappa shape index (κ1) is 20.7. The van der Waals surface area contributed by atoms with Crippen LogP contribution in [0.2, 0.25) is 0 Å². The zero-order valence-corrected chi connectivity index (χ0v) is 17.7. The first-order chi connectivity index (χ1) is 15.4. The molecule has 160 valence electrons. The lowest BCUT2D eigenvalue weighted by Gasteiger charge is -2.07. The smallest absolute Gasteiger partial charge is 0.289 e. The number of nitriles is 1. The average molecular weight is 428 g/mol. The number of hydrogen-bond donors (Lipinski definition) is 2. The Labute approximate surface area is 183 Å². The van der Waals surface area contributed by atoms with Gasteiger partial charge in [-0.1, -0.05) is 6.07 Å². The minimum Gasteiger partial charge on any atom is -0.449 e. The average Bonchev–Trinajstić information content (AvgIpc) is 3.47. The standard InChI is InChI=1S/C22H20N8O2/c1-13-8-14(10-23)4-5-16(13)18-12-25-29-22(26-18)24-11-15-9-17(28-27-15)19-6-7-20(32-19)21(31)30(2)3/h4-9,12H,11H2,1-3H3,(H,27,28)(H,24,26,29). The maximum atomic E-state index is 12.0. The molecule has 0 radical (unpaired) electrons. The Morgan fingerprint density at radius 1 is 1.25 bits per heavy atom. The summed E-state index contributed by atoms with van der Waals surface area (Å²) in [5.41, 5.74) is 4.42. The first-order valence-corrected chi connectivity index (χ1v) is 9.75. The maximum absolute atomic E-state index is 12.0. The highest BCUT2D eigenvalue weighted by Gasteiger charge is 2.15. The minimum atomic E-state index is -0.209. The number of aryl methyl sites for hydroxylation is 1. The highest BCUT2D eigenvalue weighted by atomic mass is 16.4. The zero-order chi connectivity index (χ0) is 22.7. The summed E-state index contributed by atoms with van der Waals surface area (Å²) >= 11 is 0. The predicted octanol–water partition coefficient (Wildman–Crippen LogP) is 3.02. The number of hydrogen-bond acceptors (Lipinski definition) is 8. The molecule has 10 heteroatoms. The topological polar surface area (TPSA) is 137 Å². The van der Waals surface area contributed by atoms with Crippen molar-refractivity contribution in [1.82, 2.24) is 30.3 Å². The van der Waals surface area contributed by atoms with Gasteiger partial charge in [-0.2, -0.15) is 15.5 Å². The number of furan rings is 1. The quantitative estimate of drug-likeness (QED) is 0.478. The van der Waals surface area contributed by atoms with Crippen molar-refractivity contribution in [3.8, 4) is 28.8 Å². The Morgan fingerprint density at radius 3 is 2.84 bits per heavy atom. The lowest BCUT2D eigenvalue weighted by Crippen LogP contribution is -2.20. The third kappa shape index (κ3) is 4.32. The first-order valence-electron chi connectivity index (χ1n) is 9.75. The molecular formula is C22H20N8O2. The van der Waals surface area contributed by atoms with Crippen LogP contribution in [-0.2, 0) is 6.54 Å². The third-order valence-corrected chi connectivity index (χ3v) is 4.74. The fourth-order valence-corrected chi connectivity index (χ4v) is 3.10. The van der Waals surface area contributed by atoms with Gasteiger partial charge in [-0.25, -0.2) is 4.98 Å². The van der Waals surface area contributed by atoms with Crippen LogP contribution in [0, 0.1) is 18.3 Å². The van der Waals surface area contributed by atoms with E-state index in [1.807, 2.05) is 25.1 Å². The van der Waals surface area contributed by atoms with Crippen LogP contribution in [-0.4, -0.2) is 50.3 Å². The lowest BCUT2D eigenvalue weighted by molar-refractivity contribution is 0.0797. The van der Waals surface area contributed by atoms with Crippen molar-refractivity contribution in [2.24, 2.45) is 0 Å². The molecule has 4 rings (SSSR count). The van der Waals surface area contributed by atoms with Gasteiger partial charge in [0.15, 0.2) is 11.5 Å². The van der Waals surface area contributed by atoms with Gasteiger partial charge in [0, 0.05) is 19.7 Å². The number of benzene rings is 1. The predicted molar refractivity (Wildman–Crippen MR) is 116 cm³/mol. The molecule has 2 N–H and O–H groups in total. The number of aromatic nitrogens is 5. The van der Waals surface area contributed by atoms with Crippen molar-refractivity contribution in [1.29, 1.82) is 5.26 Å². The van der Waals surface area contributed by atoms with E-state index >= 15 is 0 Å². The van der Waals surface area contributed by atoms with Crippen molar-refractivity contribution >= 4 is 11.9 Å². The van der Waals surface area contributed by atoms with Crippen molar-refractivity contribution in [3.05, 3.63) is 65.2 Å². The molecule has 0 saturated heterocycles. The molecule has 0 aliphatic rings. The molecule has 0 aliphatic heterocycles. The molecule has 0 atom stereocenters. The highest BCUT2D eigenvalue weighted by Crippen LogP contribution is 2.23. The van der Waals surface area contributed by atoms with E-state index in [0.717, 1.165) is 11.1 Å². The van der Waals surface area contributed by atoms with Crippen LogP contribution in [0.4, 0.5) is 5.95 Å². The number of carbonyl (C=O) groups is 1. The molecule has 1 aromatic carbocycles. The summed E-state index contributed by atoms with van der Waals surface area (Å²) in [5, 5.41) is 27.4. The molecule has 0 aliphatic carbocycles. The number of anilines is 1. The molecule has 0 saturated carbocycles. The fourth-order valence-electron chi connectivity index (χ4n) is 3.10. The molecule has 0 bridgehead atoms. The van der Waals surface area contributed by atoms with E-state index in [-0.39, 0.29) is 11.7 Å². The number of nitrogens with zero attached hydrogens (tertiary/aromatic N) is 6. The lowest BCUT2D eigenvalue weighted by atomic mass is 10.0. The van der Waals surface area contributed by atoms with Crippen LogP contribution in [0.5, 0.6) is 0 Å². The van der Waals surface area contributed by atoms with E-state index in [1.165, 1.54) is 4.90 Å². The number of carbonyl (C=O) groups excluding carboxylic acids is 1. The van der Waals surface area contributed by atoms with Crippen LogP contribution in [0.25, 0.3) is 22.7 Å². The summed E-state index contributed by atoms with van der Waals surface area (Å²) in [6.45, 7) is 2.28. The third-order valence-electron chi connectivity index (χ3n) is 4.74. The number of aromatic amines is 1. The van der Waals surface area contributed by atoms with Gasteiger partial charge in [-0.3, -0.25) is 9.89 Å². The highest BCUT2D eigenvalue weighted by molar-refractivity contribution is 5.91. The molecule has 32 heavy (non-hydrogen) atoms. The van der Waals surface area contributed by atoms with Gasteiger partial charge in [0.1, 0.15) is 5.69 Å². The van der Waals surface area contributed by atoms with Gasteiger partial charge in [0.05, 0.1) is 35.8 Å². The number of amides is 1. The van der Waals surface area contributed by atoms with Crippen molar-refractivity contribution in [2.75, 3.05) is 19.4 Å². The zero-order valence-electron chi connectivity index (χ0n) is 17.7. The van der Waals surface area contributed by atoms with E-state index in [9.17, 15) is 4.79 Å². The monoisotopic (exact) mass is 428 g/mol. The van der Waals surface area contributed by atoms with E-state index in [4.69, 9.17) is 9.68 Å². The Balaban J connectivity index is 1.45. The van der Waals surface area contributed by atoms with Gasteiger partial charge < -0.3 is 14.6 Å². The van der Waals surface area contributed by atoms with E-state index < -0.39 is 0 Å².